The van der Waals surface area contributed by atoms with E-state index in [2.05, 4.69) is 12.2 Å². The lowest BCUT2D eigenvalue weighted by Crippen LogP contribution is -2.13. The maximum atomic E-state index is 6.25. The van der Waals surface area contributed by atoms with Gasteiger partial charge in [0.15, 0.2) is 0 Å². The van der Waals surface area contributed by atoms with Crippen molar-refractivity contribution in [2.45, 2.75) is 19.9 Å². The van der Waals surface area contributed by atoms with Crippen molar-refractivity contribution in [3.05, 3.63) is 59.1 Å². The Kier molecular flexibility index (Phi) is 5.25. The Hall–Kier alpha value is -1.51. The van der Waals surface area contributed by atoms with Crippen molar-refractivity contribution in [3.63, 3.8) is 0 Å². The lowest BCUT2D eigenvalue weighted by molar-refractivity contribution is 0.482. The van der Waals surface area contributed by atoms with Gasteiger partial charge in [0.2, 0.25) is 0 Å². The van der Waals surface area contributed by atoms with E-state index < -0.39 is 0 Å². The van der Waals surface area contributed by atoms with Crippen LogP contribution in [0.15, 0.2) is 48.5 Å². The van der Waals surface area contributed by atoms with Crippen LogP contribution in [-0.4, -0.2) is 6.54 Å². The summed E-state index contributed by atoms with van der Waals surface area (Å²) in [4.78, 5) is 0. The fourth-order valence-corrected chi connectivity index (χ4v) is 2.00. The van der Waals surface area contributed by atoms with Gasteiger partial charge < -0.3 is 10.1 Å². The summed E-state index contributed by atoms with van der Waals surface area (Å²) in [6.45, 7) is 3.93. The Morgan fingerprint density at radius 2 is 1.84 bits per heavy atom. The summed E-state index contributed by atoms with van der Waals surface area (Å²) in [5, 5.41) is 4.07. The summed E-state index contributed by atoms with van der Waals surface area (Å²) in [7, 11) is 0. The zero-order chi connectivity index (χ0) is 13.5. The Labute approximate surface area is 119 Å². The van der Waals surface area contributed by atoms with E-state index in [0.29, 0.717) is 0 Å². The molecule has 0 aromatic heterocycles. The van der Waals surface area contributed by atoms with Crippen LogP contribution in [0, 0.1) is 0 Å². The molecule has 0 spiro atoms. The minimum absolute atomic E-state index is 0.733. The van der Waals surface area contributed by atoms with Gasteiger partial charge in [0.1, 0.15) is 11.5 Å². The predicted octanol–water partition coefficient (Wildman–Crippen LogP) is 4.63. The van der Waals surface area contributed by atoms with E-state index in [9.17, 15) is 0 Å². The van der Waals surface area contributed by atoms with Gasteiger partial charge in [0.25, 0.3) is 0 Å². The molecule has 0 amide bonds. The number of hydrogen-bond donors (Lipinski definition) is 1. The van der Waals surface area contributed by atoms with Crippen LogP contribution < -0.4 is 10.1 Å². The molecule has 0 saturated carbocycles. The van der Waals surface area contributed by atoms with Gasteiger partial charge in [0, 0.05) is 11.6 Å². The molecule has 2 aromatic rings. The summed E-state index contributed by atoms with van der Waals surface area (Å²) in [5.41, 5.74) is 1.09. The number of para-hydroxylation sites is 1. The van der Waals surface area contributed by atoms with Crippen molar-refractivity contribution in [1.29, 1.82) is 0 Å². The van der Waals surface area contributed by atoms with Crippen LogP contribution in [0.4, 0.5) is 0 Å². The minimum atomic E-state index is 0.733. The second-order valence-corrected chi connectivity index (χ2v) is 4.75. The number of hydrogen-bond acceptors (Lipinski definition) is 2. The molecule has 3 heteroatoms. The molecule has 1 N–H and O–H groups in total. The lowest BCUT2D eigenvalue weighted by Gasteiger charge is -2.09. The molecule has 100 valence electrons. The average molecular weight is 276 g/mol. The highest BCUT2D eigenvalue weighted by molar-refractivity contribution is 6.31. The van der Waals surface area contributed by atoms with Crippen molar-refractivity contribution in [3.8, 4) is 11.5 Å². The Balaban J connectivity index is 2.02. The highest BCUT2D eigenvalue weighted by Crippen LogP contribution is 2.26. The fraction of sp³-hybridized carbons (Fsp3) is 0.250. The molecule has 0 atom stereocenters. The van der Waals surface area contributed by atoms with Gasteiger partial charge >= 0.3 is 0 Å². The van der Waals surface area contributed by atoms with Gasteiger partial charge in [-0.15, -0.1) is 0 Å². The largest absolute Gasteiger partial charge is 0.457 e. The van der Waals surface area contributed by atoms with Gasteiger partial charge in [-0.2, -0.15) is 0 Å². The van der Waals surface area contributed by atoms with E-state index in [1.54, 1.807) is 0 Å². The summed E-state index contributed by atoms with van der Waals surface area (Å²) in [6, 6.07) is 15.5. The number of nitrogens with one attached hydrogen (secondary N) is 1. The predicted molar refractivity (Wildman–Crippen MR) is 80.0 cm³/mol. The van der Waals surface area contributed by atoms with Crippen molar-refractivity contribution < 1.29 is 4.74 Å². The first-order valence-electron chi connectivity index (χ1n) is 6.51. The van der Waals surface area contributed by atoms with Gasteiger partial charge in [-0.1, -0.05) is 42.8 Å². The third kappa shape index (κ3) is 4.27. The van der Waals surface area contributed by atoms with E-state index in [4.69, 9.17) is 16.3 Å². The van der Waals surface area contributed by atoms with E-state index >= 15 is 0 Å². The van der Waals surface area contributed by atoms with Crippen LogP contribution in [0.3, 0.4) is 0 Å². The molecule has 2 nitrogen and oxygen atoms in total. The number of halogens is 1. The highest BCUT2D eigenvalue weighted by Gasteiger charge is 2.03. The third-order valence-corrected chi connectivity index (χ3v) is 3.10. The molecule has 0 aliphatic carbocycles. The molecule has 0 unspecified atom stereocenters. The molecule has 0 radical (unpaired) electrons. The van der Waals surface area contributed by atoms with Gasteiger partial charge in [-0.3, -0.25) is 0 Å². The zero-order valence-corrected chi connectivity index (χ0v) is 11.8. The van der Waals surface area contributed by atoms with E-state index in [1.807, 2.05) is 48.5 Å². The molecule has 0 aliphatic heterocycles. The summed E-state index contributed by atoms with van der Waals surface area (Å²) < 4.78 is 5.73. The topological polar surface area (TPSA) is 21.3 Å². The maximum Gasteiger partial charge on any atom is 0.128 e. The Morgan fingerprint density at radius 3 is 2.53 bits per heavy atom. The van der Waals surface area contributed by atoms with Crippen LogP contribution in [0.25, 0.3) is 0 Å². The van der Waals surface area contributed by atoms with Crippen LogP contribution in [-0.2, 0) is 6.54 Å². The van der Waals surface area contributed by atoms with Crippen LogP contribution in [0.2, 0.25) is 5.02 Å². The highest BCUT2D eigenvalue weighted by atomic mass is 35.5. The fourth-order valence-electron chi connectivity index (χ4n) is 1.76. The lowest BCUT2D eigenvalue weighted by atomic mass is 10.2. The number of rotatable bonds is 6. The van der Waals surface area contributed by atoms with Gasteiger partial charge in [0.05, 0.1) is 0 Å². The van der Waals surface area contributed by atoms with Crippen molar-refractivity contribution >= 4 is 11.6 Å². The molecule has 19 heavy (non-hydrogen) atoms. The van der Waals surface area contributed by atoms with E-state index in [-0.39, 0.29) is 0 Å². The zero-order valence-electron chi connectivity index (χ0n) is 11.0. The molecule has 0 fully saturated rings. The summed E-state index contributed by atoms with van der Waals surface area (Å²) in [6.07, 6.45) is 1.12. The second kappa shape index (κ2) is 7.17. The second-order valence-electron chi connectivity index (χ2n) is 4.35. The van der Waals surface area contributed by atoms with Gasteiger partial charge in [-0.25, -0.2) is 0 Å². The molecular formula is C16H18ClNO. The molecule has 0 bridgehead atoms. The van der Waals surface area contributed by atoms with Crippen molar-refractivity contribution in [1.82, 2.24) is 5.32 Å². The number of benzene rings is 2. The minimum Gasteiger partial charge on any atom is -0.457 e. The average Bonchev–Trinajstić information content (AvgIpc) is 2.43. The monoisotopic (exact) mass is 275 g/mol. The Bertz CT molecular complexity index is 513. The first-order chi connectivity index (χ1) is 9.29. The summed E-state index contributed by atoms with van der Waals surface area (Å²) in [5.74, 6) is 1.57. The van der Waals surface area contributed by atoms with E-state index in [1.165, 1.54) is 0 Å². The summed E-state index contributed by atoms with van der Waals surface area (Å²) >= 11 is 6.25. The standard InChI is InChI=1S/C16H18ClNO/c1-2-10-18-12-13-8-9-15(11-16(13)17)19-14-6-4-3-5-7-14/h3-9,11,18H,2,10,12H2,1H3. The van der Waals surface area contributed by atoms with Crippen LogP contribution in [0.5, 0.6) is 11.5 Å². The molecule has 2 aromatic carbocycles. The molecule has 0 heterocycles. The third-order valence-electron chi connectivity index (χ3n) is 2.75. The molecule has 2 rings (SSSR count). The van der Waals surface area contributed by atoms with Gasteiger partial charge in [-0.05, 0) is 42.8 Å². The van der Waals surface area contributed by atoms with Crippen molar-refractivity contribution in [2.24, 2.45) is 0 Å². The first kappa shape index (κ1) is 13.9. The number of ether oxygens (including phenoxy) is 1. The SMILES string of the molecule is CCCNCc1ccc(Oc2ccccc2)cc1Cl. The quantitative estimate of drug-likeness (QED) is 0.776. The molecule has 0 saturated heterocycles. The maximum absolute atomic E-state index is 6.25. The normalized spacial score (nSPS) is 10.4. The molecular weight excluding hydrogens is 258 g/mol. The Morgan fingerprint density at radius 1 is 1.05 bits per heavy atom. The van der Waals surface area contributed by atoms with Crippen LogP contribution >= 0.6 is 11.6 Å². The first-order valence-corrected chi connectivity index (χ1v) is 6.89. The van der Waals surface area contributed by atoms with E-state index in [0.717, 1.165) is 41.6 Å². The van der Waals surface area contributed by atoms with Crippen LogP contribution in [0.1, 0.15) is 18.9 Å². The molecule has 0 aliphatic rings. The smallest absolute Gasteiger partial charge is 0.128 e. The van der Waals surface area contributed by atoms with Crippen molar-refractivity contribution in [2.75, 3.05) is 6.54 Å².